The topological polar surface area (TPSA) is 98.6 Å². The first-order chi connectivity index (χ1) is 7.77. The molecule has 0 saturated carbocycles. The van der Waals surface area contributed by atoms with E-state index >= 15 is 0 Å². The molecule has 0 atom stereocenters. The molecule has 6 heteroatoms. The van der Waals surface area contributed by atoms with Crippen LogP contribution in [0.2, 0.25) is 0 Å². The monoisotopic (exact) mass is 229 g/mol. The molecule has 0 aliphatic heterocycles. The summed E-state index contributed by atoms with van der Waals surface area (Å²) in [6.45, 7) is 0.103. The van der Waals surface area contributed by atoms with Gasteiger partial charge in [0.05, 0.1) is 6.54 Å². The molecule has 1 rings (SSSR count). The van der Waals surface area contributed by atoms with Crippen molar-refractivity contribution in [1.29, 1.82) is 5.26 Å². The summed E-state index contributed by atoms with van der Waals surface area (Å²) < 4.78 is 0. The molecule has 0 spiro atoms. The van der Waals surface area contributed by atoms with Crippen LogP contribution in [-0.4, -0.2) is 6.54 Å². The molecule has 0 amide bonds. The number of nitrogens with zero attached hydrogens (tertiary/aromatic N) is 4. The van der Waals surface area contributed by atoms with Crippen LogP contribution >= 0.6 is 11.8 Å². The number of hydrogen-bond acceptors (Lipinski definition) is 4. The van der Waals surface area contributed by atoms with Gasteiger partial charge in [0.15, 0.2) is 0 Å². The predicted octanol–water partition coefficient (Wildman–Crippen LogP) is 2.50. The molecule has 78 valence electrons. The Kier molecular flexibility index (Phi) is 4.62. The number of rotatable bonds is 2. The van der Waals surface area contributed by atoms with Crippen LogP contribution in [0.15, 0.2) is 28.2 Å². The molecule has 16 heavy (non-hydrogen) atoms. The van der Waals surface area contributed by atoms with Gasteiger partial charge in [0.25, 0.3) is 0 Å². The molecular weight excluding hydrogens is 222 g/mol. The Morgan fingerprint density at radius 3 is 3.06 bits per heavy atom. The number of anilines is 1. The summed E-state index contributed by atoms with van der Waals surface area (Å²) in [6, 6.07) is 5.17. The molecule has 0 radical (unpaired) electrons. The van der Waals surface area contributed by atoms with Gasteiger partial charge in [-0.05, 0) is 35.5 Å². The fourth-order valence-electron chi connectivity index (χ4n) is 0.962. The Bertz CT molecular complexity index is 528. The van der Waals surface area contributed by atoms with Gasteiger partial charge in [-0.15, -0.1) is 0 Å². The molecule has 0 heterocycles. The van der Waals surface area contributed by atoms with E-state index in [9.17, 15) is 0 Å². The van der Waals surface area contributed by atoms with Gasteiger partial charge in [0, 0.05) is 21.1 Å². The van der Waals surface area contributed by atoms with E-state index in [1.165, 1.54) is 0 Å². The number of thiocyanates is 1. The molecule has 2 N–H and O–H groups in total. The number of nitrogen functional groups attached to an aromatic ring is 1. The molecule has 0 aliphatic carbocycles. The summed E-state index contributed by atoms with van der Waals surface area (Å²) in [5, 5.41) is 13.8. The lowest BCUT2D eigenvalue weighted by molar-refractivity contribution is 1.25. The highest BCUT2D eigenvalue weighted by molar-refractivity contribution is 8.03. The van der Waals surface area contributed by atoms with Crippen molar-refractivity contribution >= 4 is 17.4 Å². The molecule has 0 saturated heterocycles. The molecular formula is C10H7N5S. The molecule has 0 aromatic heterocycles. The maximum Gasteiger partial charge on any atom is 0.138 e. The number of hydrogen-bond donors (Lipinski definition) is 1. The maximum absolute atomic E-state index is 8.52. The van der Waals surface area contributed by atoms with Crippen molar-refractivity contribution < 1.29 is 0 Å². The van der Waals surface area contributed by atoms with Crippen molar-refractivity contribution in [2.24, 2.45) is 5.11 Å². The second kappa shape index (κ2) is 6.26. The van der Waals surface area contributed by atoms with Gasteiger partial charge in [0.1, 0.15) is 5.40 Å². The van der Waals surface area contributed by atoms with Crippen LogP contribution in [0.3, 0.4) is 0 Å². The van der Waals surface area contributed by atoms with Gasteiger partial charge in [-0.1, -0.05) is 17.0 Å². The minimum absolute atomic E-state index is 0.103. The summed E-state index contributed by atoms with van der Waals surface area (Å²) in [5.74, 6) is 5.45. The van der Waals surface area contributed by atoms with Crippen molar-refractivity contribution in [1.82, 2.24) is 0 Å². The van der Waals surface area contributed by atoms with E-state index in [1.807, 2.05) is 5.40 Å². The summed E-state index contributed by atoms with van der Waals surface area (Å²) in [5.41, 5.74) is 14.9. The summed E-state index contributed by atoms with van der Waals surface area (Å²) in [7, 11) is 0. The first-order valence-electron chi connectivity index (χ1n) is 4.23. The lowest BCUT2D eigenvalue weighted by atomic mass is 10.2. The number of nitrogens with two attached hydrogens (primary N) is 1. The zero-order valence-corrected chi connectivity index (χ0v) is 9.03. The molecule has 0 bridgehead atoms. The van der Waals surface area contributed by atoms with E-state index < -0.39 is 0 Å². The number of nitriles is 1. The van der Waals surface area contributed by atoms with Crippen molar-refractivity contribution in [3.8, 4) is 17.2 Å². The Labute approximate surface area is 96.9 Å². The van der Waals surface area contributed by atoms with Crippen LogP contribution in [0.5, 0.6) is 0 Å². The number of benzene rings is 1. The molecule has 1 aromatic rings. The van der Waals surface area contributed by atoms with Crippen LogP contribution in [0.1, 0.15) is 5.56 Å². The molecule has 0 aliphatic rings. The third-order valence-electron chi connectivity index (χ3n) is 1.62. The Morgan fingerprint density at radius 1 is 1.56 bits per heavy atom. The smallest absolute Gasteiger partial charge is 0.138 e. The Balaban J connectivity index is 2.92. The van der Waals surface area contributed by atoms with Crippen LogP contribution in [0.4, 0.5) is 5.69 Å². The lowest BCUT2D eigenvalue weighted by Crippen LogP contribution is -1.90. The SMILES string of the molecule is N#CSc1ccc(N)c(C#CCN=[N+]=[N-])c1. The summed E-state index contributed by atoms with van der Waals surface area (Å²) >= 11 is 1.04. The quantitative estimate of drug-likeness (QED) is 0.160. The third-order valence-corrected chi connectivity index (χ3v) is 2.21. The van der Waals surface area contributed by atoms with Crippen molar-refractivity contribution in [3.63, 3.8) is 0 Å². The zero-order valence-electron chi connectivity index (χ0n) is 8.21. The Morgan fingerprint density at radius 2 is 2.38 bits per heavy atom. The largest absolute Gasteiger partial charge is 0.398 e. The third kappa shape index (κ3) is 3.47. The normalized spacial score (nSPS) is 8.19. The first kappa shape index (κ1) is 11.8. The predicted molar refractivity (Wildman–Crippen MR) is 63.2 cm³/mol. The molecule has 5 nitrogen and oxygen atoms in total. The second-order valence-electron chi connectivity index (χ2n) is 2.63. The summed E-state index contributed by atoms with van der Waals surface area (Å²) in [6.07, 6.45) is 0. The van der Waals surface area contributed by atoms with E-state index in [1.54, 1.807) is 18.2 Å². The molecule has 1 aromatic carbocycles. The lowest BCUT2D eigenvalue weighted by Gasteiger charge is -1.99. The van der Waals surface area contributed by atoms with Crippen LogP contribution in [-0.2, 0) is 0 Å². The van der Waals surface area contributed by atoms with Crippen LogP contribution in [0.25, 0.3) is 10.4 Å². The van der Waals surface area contributed by atoms with Crippen molar-refractivity contribution in [2.45, 2.75) is 4.90 Å². The van der Waals surface area contributed by atoms with Gasteiger partial charge < -0.3 is 5.73 Å². The van der Waals surface area contributed by atoms with E-state index in [4.69, 9.17) is 16.5 Å². The van der Waals surface area contributed by atoms with E-state index in [0.29, 0.717) is 11.3 Å². The van der Waals surface area contributed by atoms with Crippen molar-refractivity contribution in [3.05, 3.63) is 34.2 Å². The van der Waals surface area contributed by atoms with Gasteiger partial charge in [-0.25, -0.2) is 0 Å². The van der Waals surface area contributed by atoms with Crippen molar-refractivity contribution in [2.75, 3.05) is 12.3 Å². The second-order valence-corrected chi connectivity index (χ2v) is 3.49. The van der Waals surface area contributed by atoms with Crippen LogP contribution in [0, 0.1) is 22.5 Å². The van der Waals surface area contributed by atoms with Gasteiger partial charge in [-0.2, -0.15) is 5.26 Å². The summed E-state index contributed by atoms with van der Waals surface area (Å²) in [4.78, 5) is 3.36. The highest BCUT2D eigenvalue weighted by Gasteiger charge is 1.98. The van der Waals surface area contributed by atoms with E-state index in [2.05, 4.69) is 21.9 Å². The molecule has 0 fully saturated rings. The van der Waals surface area contributed by atoms with Gasteiger partial charge in [0.2, 0.25) is 0 Å². The fourth-order valence-corrected chi connectivity index (χ4v) is 1.38. The average molecular weight is 229 g/mol. The van der Waals surface area contributed by atoms with E-state index in [0.717, 1.165) is 16.7 Å². The average Bonchev–Trinajstić information content (AvgIpc) is 2.29. The minimum atomic E-state index is 0.103. The first-order valence-corrected chi connectivity index (χ1v) is 5.04. The van der Waals surface area contributed by atoms with Gasteiger partial charge >= 0.3 is 0 Å². The Hall–Kier alpha value is -2.27. The highest BCUT2D eigenvalue weighted by atomic mass is 32.2. The maximum atomic E-state index is 8.52. The fraction of sp³-hybridized carbons (Fsp3) is 0.100. The number of thioether (sulfide) groups is 1. The zero-order chi connectivity index (χ0) is 11.8. The van der Waals surface area contributed by atoms with Gasteiger partial charge in [-0.3, -0.25) is 0 Å². The van der Waals surface area contributed by atoms with E-state index in [-0.39, 0.29) is 6.54 Å². The van der Waals surface area contributed by atoms with Crippen LogP contribution < -0.4 is 5.73 Å². The number of azide groups is 1. The minimum Gasteiger partial charge on any atom is -0.398 e. The molecule has 0 unspecified atom stereocenters. The highest BCUT2D eigenvalue weighted by Crippen LogP contribution is 2.21. The standard InChI is InChI=1S/C10H7N5S/c11-7-16-9-3-4-10(12)8(6-9)2-1-5-14-15-13/h3-4,6H,5,12H2.